The van der Waals surface area contributed by atoms with Gasteiger partial charge in [0, 0.05) is 18.0 Å². The molecule has 0 aliphatic rings. The van der Waals surface area contributed by atoms with Crippen LogP contribution in [0.2, 0.25) is 0 Å². The molecule has 0 saturated carbocycles. The lowest BCUT2D eigenvalue weighted by atomic mass is 9.99. The second-order valence-corrected chi connectivity index (χ2v) is 4.38. The normalized spacial score (nSPS) is 10.4. The van der Waals surface area contributed by atoms with Crippen LogP contribution in [-0.4, -0.2) is 15.6 Å². The van der Waals surface area contributed by atoms with Crippen molar-refractivity contribution in [2.45, 2.75) is 13.3 Å². The minimum Gasteiger partial charge on any atom is -0.481 e. The van der Waals surface area contributed by atoms with Crippen LogP contribution in [0.4, 0.5) is 0 Å². The zero-order valence-electron chi connectivity index (χ0n) is 10.6. The Hall–Kier alpha value is -2.61. The predicted octanol–water partition coefficient (Wildman–Crippen LogP) is 1.35. The third kappa shape index (κ3) is 2.08. The maximum absolute atomic E-state index is 12.0. The second-order valence-electron chi connectivity index (χ2n) is 4.38. The number of aliphatic carboxylic acids is 1. The number of carbonyl (C=O) groups is 1. The number of nitriles is 1. The summed E-state index contributed by atoms with van der Waals surface area (Å²) in [6.45, 7) is 1.61. The topological polar surface area (TPSA) is 83.1 Å². The number of aromatic nitrogens is 1. The summed E-state index contributed by atoms with van der Waals surface area (Å²) in [5, 5.41) is 18.5. The number of nitrogens with zero attached hydrogens (tertiary/aromatic N) is 2. The van der Waals surface area contributed by atoms with Crippen LogP contribution in [0.15, 0.2) is 23.0 Å². The standard InChI is InChI=1S/C14H12N2O3/c1-8-10(6-13(17)18)11-5-9(7-15)3-4-12(11)16(2)14(8)19/h3-5H,6H2,1-2H3,(H,17,18). The number of hydrogen-bond acceptors (Lipinski definition) is 3. The van der Waals surface area contributed by atoms with E-state index in [1.165, 1.54) is 4.57 Å². The molecule has 0 radical (unpaired) electrons. The van der Waals surface area contributed by atoms with Crippen molar-refractivity contribution in [2.75, 3.05) is 0 Å². The molecule has 1 N–H and O–H groups in total. The Bertz CT molecular complexity index is 782. The lowest BCUT2D eigenvalue weighted by molar-refractivity contribution is -0.136. The summed E-state index contributed by atoms with van der Waals surface area (Å²) in [6.07, 6.45) is -0.229. The van der Waals surface area contributed by atoms with Gasteiger partial charge in [-0.15, -0.1) is 0 Å². The predicted molar refractivity (Wildman–Crippen MR) is 70.0 cm³/mol. The number of carboxylic acid groups (broad SMARTS) is 1. The van der Waals surface area contributed by atoms with E-state index in [4.69, 9.17) is 10.4 Å². The molecule has 2 aromatic rings. The summed E-state index contributed by atoms with van der Waals surface area (Å²) >= 11 is 0. The molecule has 0 atom stereocenters. The molecule has 0 saturated heterocycles. The Labute approximate surface area is 109 Å². The highest BCUT2D eigenvalue weighted by atomic mass is 16.4. The van der Waals surface area contributed by atoms with Crippen LogP contribution in [-0.2, 0) is 18.3 Å². The lowest BCUT2D eigenvalue weighted by Crippen LogP contribution is -2.22. The smallest absolute Gasteiger partial charge is 0.307 e. The average Bonchev–Trinajstić information content (AvgIpc) is 2.40. The van der Waals surface area contributed by atoms with E-state index >= 15 is 0 Å². The molecule has 96 valence electrons. The van der Waals surface area contributed by atoms with E-state index in [2.05, 4.69) is 0 Å². The van der Waals surface area contributed by atoms with Crippen molar-refractivity contribution >= 4 is 16.9 Å². The van der Waals surface area contributed by atoms with Gasteiger partial charge in [0.15, 0.2) is 0 Å². The largest absolute Gasteiger partial charge is 0.481 e. The summed E-state index contributed by atoms with van der Waals surface area (Å²) < 4.78 is 1.47. The number of carboxylic acids is 1. The Morgan fingerprint density at radius 3 is 2.74 bits per heavy atom. The molecule has 1 aromatic heterocycles. The first-order valence-electron chi connectivity index (χ1n) is 5.70. The van der Waals surface area contributed by atoms with Gasteiger partial charge < -0.3 is 9.67 Å². The third-order valence-corrected chi connectivity index (χ3v) is 3.22. The molecule has 2 rings (SSSR count). The average molecular weight is 256 g/mol. The monoisotopic (exact) mass is 256 g/mol. The zero-order chi connectivity index (χ0) is 14.2. The number of fused-ring (bicyclic) bond motifs is 1. The maximum atomic E-state index is 12.0. The van der Waals surface area contributed by atoms with Gasteiger partial charge in [0.2, 0.25) is 0 Å². The van der Waals surface area contributed by atoms with Gasteiger partial charge in [0.25, 0.3) is 5.56 Å². The van der Waals surface area contributed by atoms with Gasteiger partial charge in [0.05, 0.1) is 23.6 Å². The van der Waals surface area contributed by atoms with E-state index in [0.29, 0.717) is 27.6 Å². The molecule has 0 fully saturated rings. The molecular weight excluding hydrogens is 244 g/mol. The third-order valence-electron chi connectivity index (χ3n) is 3.22. The molecule has 0 bridgehead atoms. The minimum absolute atomic E-state index is 0.214. The summed E-state index contributed by atoms with van der Waals surface area (Å²) in [6, 6.07) is 6.92. The quantitative estimate of drug-likeness (QED) is 0.879. The van der Waals surface area contributed by atoms with Crippen molar-refractivity contribution in [3.63, 3.8) is 0 Å². The van der Waals surface area contributed by atoms with E-state index in [1.807, 2.05) is 6.07 Å². The molecular formula is C14H12N2O3. The van der Waals surface area contributed by atoms with Gasteiger partial charge in [-0.05, 0) is 30.7 Å². The first kappa shape index (κ1) is 12.8. The Kier molecular flexibility index (Phi) is 3.09. The summed E-state index contributed by atoms with van der Waals surface area (Å²) in [7, 11) is 1.63. The van der Waals surface area contributed by atoms with E-state index in [9.17, 15) is 9.59 Å². The van der Waals surface area contributed by atoms with Crippen LogP contribution in [0.3, 0.4) is 0 Å². The summed E-state index contributed by atoms with van der Waals surface area (Å²) in [5.41, 5.74) is 1.74. The number of hydrogen-bond donors (Lipinski definition) is 1. The molecule has 0 spiro atoms. The van der Waals surface area contributed by atoms with Crippen LogP contribution < -0.4 is 5.56 Å². The van der Waals surface area contributed by atoms with Crippen molar-refractivity contribution in [3.05, 3.63) is 45.2 Å². The summed E-state index contributed by atoms with van der Waals surface area (Å²) in [4.78, 5) is 23.0. The van der Waals surface area contributed by atoms with E-state index in [-0.39, 0.29) is 12.0 Å². The van der Waals surface area contributed by atoms with Crippen molar-refractivity contribution in [1.82, 2.24) is 4.57 Å². The molecule has 1 aromatic carbocycles. The van der Waals surface area contributed by atoms with Gasteiger partial charge in [-0.3, -0.25) is 9.59 Å². The fraction of sp³-hybridized carbons (Fsp3) is 0.214. The molecule has 1 heterocycles. The van der Waals surface area contributed by atoms with Crippen molar-refractivity contribution in [1.29, 1.82) is 5.26 Å². The van der Waals surface area contributed by atoms with Gasteiger partial charge >= 0.3 is 5.97 Å². The van der Waals surface area contributed by atoms with E-state index < -0.39 is 5.97 Å². The minimum atomic E-state index is -1.000. The summed E-state index contributed by atoms with van der Waals surface area (Å²) in [5.74, 6) is -1.000. The van der Waals surface area contributed by atoms with Crippen molar-refractivity contribution in [3.8, 4) is 6.07 Å². The molecule has 0 unspecified atom stereocenters. The zero-order valence-corrected chi connectivity index (χ0v) is 10.6. The first-order chi connectivity index (χ1) is 8.95. The first-order valence-corrected chi connectivity index (χ1v) is 5.70. The van der Waals surface area contributed by atoms with E-state index in [0.717, 1.165) is 0 Å². The number of aryl methyl sites for hydroxylation is 1. The van der Waals surface area contributed by atoms with Gasteiger partial charge in [-0.25, -0.2) is 0 Å². The SMILES string of the molecule is Cc1c(CC(=O)O)c2cc(C#N)ccc2n(C)c1=O. The van der Waals surface area contributed by atoms with E-state index in [1.54, 1.807) is 32.2 Å². The molecule has 19 heavy (non-hydrogen) atoms. The van der Waals surface area contributed by atoms with Crippen LogP contribution in [0, 0.1) is 18.3 Å². The van der Waals surface area contributed by atoms with Gasteiger partial charge in [-0.2, -0.15) is 5.26 Å². The molecule has 0 aliphatic heterocycles. The van der Waals surface area contributed by atoms with Gasteiger partial charge in [-0.1, -0.05) is 0 Å². The Balaban J connectivity index is 2.94. The molecule has 0 amide bonds. The Morgan fingerprint density at radius 1 is 1.47 bits per heavy atom. The number of rotatable bonds is 2. The number of pyridine rings is 1. The van der Waals surface area contributed by atoms with Crippen LogP contribution >= 0.6 is 0 Å². The Morgan fingerprint density at radius 2 is 2.16 bits per heavy atom. The van der Waals surface area contributed by atoms with Crippen molar-refractivity contribution in [2.24, 2.45) is 7.05 Å². The maximum Gasteiger partial charge on any atom is 0.307 e. The number of benzene rings is 1. The van der Waals surface area contributed by atoms with Crippen LogP contribution in [0.25, 0.3) is 10.9 Å². The highest BCUT2D eigenvalue weighted by Crippen LogP contribution is 2.21. The van der Waals surface area contributed by atoms with Crippen LogP contribution in [0.1, 0.15) is 16.7 Å². The van der Waals surface area contributed by atoms with Crippen molar-refractivity contribution < 1.29 is 9.90 Å². The highest BCUT2D eigenvalue weighted by Gasteiger charge is 2.14. The molecule has 5 nitrogen and oxygen atoms in total. The second kappa shape index (κ2) is 4.58. The lowest BCUT2D eigenvalue weighted by Gasteiger charge is -2.12. The fourth-order valence-corrected chi connectivity index (χ4v) is 2.21. The van der Waals surface area contributed by atoms with Gasteiger partial charge in [0.1, 0.15) is 0 Å². The molecule has 5 heteroatoms. The fourth-order valence-electron chi connectivity index (χ4n) is 2.21. The molecule has 0 aliphatic carbocycles. The highest BCUT2D eigenvalue weighted by molar-refractivity contribution is 5.88. The van der Waals surface area contributed by atoms with Crippen LogP contribution in [0.5, 0.6) is 0 Å².